The van der Waals surface area contributed by atoms with Crippen molar-refractivity contribution in [1.29, 1.82) is 0 Å². The Morgan fingerprint density at radius 3 is 1.61 bits per heavy atom. The average molecular weight is 441 g/mol. The minimum absolute atomic E-state index is 0.467. The molecule has 0 fully saturated rings. The van der Waals surface area contributed by atoms with Gasteiger partial charge in [0.05, 0.1) is 0 Å². The van der Waals surface area contributed by atoms with Gasteiger partial charge in [-0.15, -0.1) is 0 Å². The Balaban J connectivity index is 1.12. The number of nitrogens with one attached hydrogen (secondary N) is 2. The summed E-state index contributed by atoms with van der Waals surface area (Å²) >= 11 is 0. The zero-order valence-corrected chi connectivity index (χ0v) is 18.4. The standard InChI is InChI=1S/C28H28N2O3/c1-3-7-24(8-4-1)22-33-28-17-15-27(16-18-28)32-20-19-31-26-13-11-23(12-14-26)21-29-30-25-9-5-2-6-10-25/h1-18,29-30H,19-22H2. The lowest BCUT2D eigenvalue weighted by Gasteiger charge is -2.11. The second kappa shape index (κ2) is 12.2. The summed E-state index contributed by atoms with van der Waals surface area (Å²) in [5.41, 5.74) is 9.73. The molecule has 5 heteroatoms. The van der Waals surface area contributed by atoms with Crippen molar-refractivity contribution >= 4 is 5.69 Å². The molecule has 33 heavy (non-hydrogen) atoms. The van der Waals surface area contributed by atoms with Crippen molar-refractivity contribution in [3.8, 4) is 17.2 Å². The molecular formula is C28H28N2O3. The van der Waals surface area contributed by atoms with E-state index in [-0.39, 0.29) is 0 Å². The number of anilines is 1. The van der Waals surface area contributed by atoms with Crippen LogP contribution in [0, 0.1) is 0 Å². The lowest BCUT2D eigenvalue weighted by atomic mass is 10.2. The molecule has 0 atom stereocenters. The zero-order chi connectivity index (χ0) is 22.6. The summed E-state index contributed by atoms with van der Waals surface area (Å²) in [4.78, 5) is 0. The summed E-state index contributed by atoms with van der Waals surface area (Å²) < 4.78 is 17.3. The quantitative estimate of drug-likeness (QED) is 0.214. The lowest BCUT2D eigenvalue weighted by molar-refractivity contribution is 0.217. The predicted octanol–water partition coefficient (Wildman–Crippen LogP) is 5.84. The summed E-state index contributed by atoms with van der Waals surface area (Å²) in [5, 5.41) is 0. The van der Waals surface area contributed by atoms with Crippen LogP contribution < -0.4 is 25.1 Å². The molecule has 0 bridgehead atoms. The van der Waals surface area contributed by atoms with Crippen LogP contribution in [-0.2, 0) is 13.2 Å². The van der Waals surface area contributed by atoms with Gasteiger partial charge in [-0.1, -0.05) is 60.7 Å². The van der Waals surface area contributed by atoms with Crippen LogP contribution in [0.2, 0.25) is 0 Å². The van der Waals surface area contributed by atoms with Gasteiger partial charge in [-0.3, -0.25) is 0 Å². The van der Waals surface area contributed by atoms with E-state index in [9.17, 15) is 0 Å². The molecule has 0 aliphatic rings. The normalized spacial score (nSPS) is 10.4. The van der Waals surface area contributed by atoms with Crippen molar-refractivity contribution in [3.63, 3.8) is 0 Å². The third-order valence-corrected chi connectivity index (χ3v) is 4.92. The second-order valence-corrected chi connectivity index (χ2v) is 7.43. The fourth-order valence-corrected chi connectivity index (χ4v) is 3.17. The van der Waals surface area contributed by atoms with Crippen LogP contribution >= 0.6 is 0 Å². The minimum Gasteiger partial charge on any atom is -0.490 e. The molecule has 0 heterocycles. The van der Waals surface area contributed by atoms with Crippen molar-refractivity contribution in [2.24, 2.45) is 0 Å². The largest absolute Gasteiger partial charge is 0.490 e. The third-order valence-electron chi connectivity index (χ3n) is 4.92. The van der Waals surface area contributed by atoms with Crippen LogP contribution in [0.15, 0.2) is 109 Å². The summed E-state index contributed by atoms with van der Waals surface area (Å²) in [5.74, 6) is 2.43. The van der Waals surface area contributed by atoms with Gasteiger partial charge in [-0.05, 0) is 59.7 Å². The third kappa shape index (κ3) is 7.59. The Morgan fingerprint density at radius 1 is 0.485 bits per heavy atom. The zero-order valence-electron chi connectivity index (χ0n) is 18.4. The van der Waals surface area contributed by atoms with Gasteiger partial charge >= 0.3 is 0 Å². The fourth-order valence-electron chi connectivity index (χ4n) is 3.17. The highest BCUT2D eigenvalue weighted by Gasteiger charge is 2.00. The number of ether oxygens (including phenoxy) is 3. The Labute approximate surface area is 194 Å². The molecule has 0 saturated carbocycles. The van der Waals surface area contributed by atoms with Crippen molar-refractivity contribution in [3.05, 3.63) is 120 Å². The molecule has 4 aromatic rings. The number of rotatable bonds is 12. The Morgan fingerprint density at radius 2 is 1.00 bits per heavy atom. The van der Waals surface area contributed by atoms with Gasteiger partial charge in [0.1, 0.15) is 37.1 Å². The average Bonchev–Trinajstić information content (AvgIpc) is 2.88. The van der Waals surface area contributed by atoms with E-state index in [0.29, 0.717) is 26.4 Å². The molecule has 168 valence electrons. The SMILES string of the molecule is c1ccc(COc2ccc(OCCOc3ccc(CNNc4ccccc4)cc3)cc2)cc1. The molecule has 0 aliphatic heterocycles. The van der Waals surface area contributed by atoms with Crippen molar-refractivity contribution in [2.45, 2.75) is 13.2 Å². The molecule has 0 aromatic heterocycles. The first-order valence-corrected chi connectivity index (χ1v) is 11.0. The van der Waals surface area contributed by atoms with E-state index in [2.05, 4.69) is 10.9 Å². The van der Waals surface area contributed by atoms with Crippen LogP contribution in [0.1, 0.15) is 11.1 Å². The van der Waals surface area contributed by atoms with E-state index in [0.717, 1.165) is 34.1 Å². The lowest BCUT2D eigenvalue weighted by Crippen LogP contribution is -2.20. The molecular weight excluding hydrogens is 412 g/mol. The van der Waals surface area contributed by atoms with E-state index < -0.39 is 0 Å². The maximum atomic E-state index is 5.80. The molecule has 5 nitrogen and oxygen atoms in total. The van der Waals surface area contributed by atoms with Crippen LogP contribution in [0.5, 0.6) is 17.2 Å². The first-order valence-electron chi connectivity index (χ1n) is 11.0. The molecule has 4 rings (SSSR count). The van der Waals surface area contributed by atoms with E-state index in [1.807, 2.05) is 109 Å². The molecule has 0 spiro atoms. The van der Waals surface area contributed by atoms with Gasteiger partial charge in [0.25, 0.3) is 0 Å². The highest BCUT2D eigenvalue weighted by Crippen LogP contribution is 2.19. The van der Waals surface area contributed by atoms with Gasteiger partial charge in [0.15, 0.2) is 0 Å². The van der Waals surface area contributed by atoms with Crippen molar-refractivity contribution in [2.75, 3.05) is 18.6 Å². The predicted molar refractivity (Wildman–Crippen MR) is 132 cm³/mol. The van der Waals surface area contributed by atoms with E-state index in [1.54, 1.807) is 0 Å². The number of hydrazine groups is 1. The van der Waals surface area contributed by atoms with Gasteiger partial charge in [0.2, 0.25) is 0 Å². The number of benzene rings is 4. The van der Waals surface area contributed by atoms with Crippen LogP contribution in [0.3, 0.4) is 0 Å². The molecule has 4 aromatic carbocycles. The van der Waals surface area contributed by atoms with Gasteiger partial charge in [-0.2, -0.15) is 0 Å². The van der Waals surface area contributed by atoms with Crippen molar-refractivity contribution < 1.29 is 14.2 Å². The summed E-state index contributed by atoms with van der Waals surface area (Å²) in [6, 6.07) is 35.8. The summed E-state index contributed by atoms with van der Waals surface area (Å²) in [7, 11) is 0. The van der Waals surface area contributed by atoms with Crippen LogP contribution in [0.4, 0.5) is 5.69 Å². The topological polar surface area (TPSA) is 51.8 Å². The highest BCUT2D eigenvalue weighted by molar-refractivity contribution is 5.41. The summed E-state index contributed by atoms with van der Waals surface area (Å²) in [6.45, 7) is 2.20. The second-order valence-electron chi connectivity index (χ2n) is 7.43. The molecule has 0 unspecified atom stereocenters. The minimum atomic E-state index is 0.467. The molecule has 0 saturated heterocycles. The van der Waals surface area contributed by atoms with Gasteiger partial charge < -0.3 is 19.6 Å². The number of hydrogen-bond acceptors (Lipinski definition) is 5. The Bertz CT molecular complexity index is 1070. The highest BCUT2D eigenvalue weighted by atomic mass is 16.5. The van der Waals surface area contributed by atoms with Gasteiger partial charge in [0, 0.05) is 12.2 Å². The van der Waals surface area contributed by atoms with Crippen molar-refractivity contribution in [1.82, 2.24) is 5.43 Å². The maximum Gasteiger partial charge on any atom is 0.122 e. The molecule has 0 aliphatic carbocycles. The Hall–Kier alpha value is -3.96. The number of para-hydroxylation sites is 1. The van der Waals surface area contributed by atoms with E-state index in [1.165, 1.54) is 0 Å². The van der Waals surface area contributed by atoms with E-state index >= 15 is 0 Å². The first-order chi connectivity index (χ1) is 16.3. The van der Waals surface area contributed by atoms with Crippen LogP contribution in [-0.4, -0.2) is 13.2 Å². The van der Waals surface area contributed by atoms with Crippen LogP contribution in [0.25, 0.3) is 0 Å². The molecule has 2 N–H and O–H groups in total. The fraction of sp³-hybridized carbons (Fsp3) is 0.143. The molecule has 0 amide bonds. The number of hydrogen-bond donors (Lipinski definition) is 2. The monoisotopic (exact) mass is 440 g/mol. The Kier molecular flexibility index (Phi) is 8.20. The molecule has 0 radical (unpaired) electrons. The van der Waals surface area contributed by atoms with E-state index in [4.69, 9.17) is 14.2 Å². The summed E-state index contributed by atoms with van der Waals surface area (Å²) in [6.07, 6.45) is 0. The smallest absolute Gasteiger partial charge is 0.122 e. The first kappa shape index (κ1) is 22.2. The maximum absolute atomic E-state index is 5.80. The van der Waals surface area contributed by atoms with Gasteiger partial charge in [-0.25, -0.2) is 5.43 Å².